The van der Waals surface area contributed by atoms with E-state index in [2.05, 4.69) is 66.4 Å². The summed E-state index contributed by atoms with van der Waals surface area (Å²) in [5.74, 6) is 0.0884. The molecule has 2 rings (SSSR count). The second kappa shape index (κ2) is 11.3. The Balaban J connectivity index is 2.13. The molecule has 0 atom stereocenters. The predicted octanol–water partition coefficient (Wildman–Crippen LogP) is 4.93. The molecule has 30 heavy (non-hydrogen) atoms. The quantitative estimate of drug-likeness (QED) is 0.307. The number of carbonyl (C=O) groups is 1. The molecule has 1 amide bonds. The molecule has 0 spiro atoms. The molecule has 2 aliphatic rings. The highest BCUT2D eigenvalue weighted by Gasteiger charge is 2.21. The Kier molecular flexibility index (Phi) is 8.78. The number of allylic oxidation sites excluding steroid dienone is 4. The van der Waals surface area contributed by atoms with Gasteiger partial charge in [-0.15, -0.1) is 0 Å². The molecule has 5 nitrogen and oxygen atoms in total. The molecule has 1 heterocycles. The molecule has 1 aliphatic carbocycles. The van der Waals surface area contributed by atoms with Crippen molar-refractivity contribution in [1.82, 2.24) is 10.6 Å². The molecule has 160 valence electrons. The number of aliphatic imine (C=N–C) groups is 2. The van der Waals surface area contributed by atoms with E-state index in [9.17, 15) is 4.79 Å². The zero-order chi connectivity index (χ0) is 22.1. The Morgan fingerprint density at radius 3 is 2.70 bits per heavy atom. The molecule has 2 N–H and O–H groups in total. The Labute approximate surface area is 180 Å². The van der Waals surface area contributed by atoms with Crippen LogP contribution in [0.2, 0.25) is 0 Å². The highest BCUT2D eigenvalue weighted by Crippen LogP contribution is 2.28. The SMILES string of the molecule is C=C(CC)CN=CN=C(C(=C)CC)C(=C)NCC1=C(C)C2=C(CC=C1)CCC(=O)N2. The van der Waals surface area contributed by atoms with Crippen molar-refractivity contribution in [3.05, 3.63) is 71.1 Å². The summed E-state index contributed by atoms with van der Waals surface area (Å²) in [7, 11) is 0. The zero-order valence-electron chi connectivity index (χ0n) is 18.6. The normalized spacial score (nSPS) is 17.0. The first-order valence-electron chi connectivity index (χ1n) is 10.6. The standard InChI is InChI=1S/C25H34N4O/c1-7-17(3)14-26-16-28-24(18(4)8-2)20(6)27-15-22-11-9-10-21-12-13-23(30)29-25(21)19(22)5/h9,11,16,27H,3-4,6-8,10,12-15H2,1-2,5H3,(H,29,30). The third-order valence-electron chi connectivity index (χ3n) is 5.43. The van der Waals surface area contributed by atoms with Crippen molar-refractivity contribution in [3.63, 3.8) is 0 Å². The lowest BCUT2D eigenvalue weighted by Gasteiger charge is -2.22. The van der Waals surface area contributed by atoms with Gasteiger partial charge in [0.25, 0.3) is 0 Å². The third-order valence-corrected chi connectivity index (χ3v) is 5.43. The fourth-order valence-electron chi connectivity index (χ4n) is 3.28. The topological polar surface area (TPSA) is 65.8 Å². The lowest BCUT2D eigenvalue weighted by molar-refractivity contribution is -0.120. The lowest BCUT2D eigenvalue weighted by Crippen LogP contribution is -2.29. The molecule has 5 heteroatoms. The Hall–Kier alpha value is -2.95. The van der Waals surface area contributed by atoms with Crippen LogP contribution < -0.4 is 10.6 Å². The average Bonchev–Trinajstić information content (AvgIpc) is 2.90. The maximum Gasteiger partial charge on any atom is 0.224 e. The molecule has 0 aromatic rings. The van der Waals surface area contributed by atoms with Gasteiger partial charge in [-0.1, -0.05) is 51.3 Å². The maximum atomic E-state index is 11.9. The summed E-state index contributed by atoms with van der Waals surface area (Å²) >= 11 is 0. The van der Waals surface area contributed by atoms with Crippen LogP contribution in [0.4, 0.5) is 0 Å². The summed E-state index contributed by atoms with van der Waals surface area (Å²) in [6, 6.07) is 0. The predicted molar refractivity (Wildman–Crippen MR) is 128 cm³/mol. The van der Waals surface area contributed by atoms with E-state index < -0.39 is 0 Å². The van der Waals surface area contributed by atoms with Crippen molar-refractivity contribution < 1.29 is 4.79 Å². The van der Waals surface area contributed by atoms with E-state index in [-0.39, 0.29) is 5.91 Å². The molecular weight excluding hydrogens is 372 g/mol. The molecule has 0 saturated heterocycles. The smallest absolute Gasteiger partial charge is 0.224 e. The second-order valence-corrected chi connectivity index (χ2v) is 7.61. The highest BCUT2D eigenvalue weighted by atomic mass is 16.1. The number of carbonyl (C=O) groups excluding carboxylic acids is 1. The molecule has 0 aromatic heterocycles. The van der Waals surface area contributed by atoms with Crippen molar-refractivity contribution in [2.45, 2.75) is 52.9 Å². The van der Waals surface area contributed by atoms with E-state index in [0.717, 1.165) is 59.4 Å². The minimum absolute atomic E-state index is 0.0884. The lowest BCUT2D eigenvalue weighted by atomic mass is 9.96. The van der Waals surface area contributed by atoms with Gasteiger partial charge >= 0.3 is 0 Å². The van der Waals surface area contributed by atoms with Crippen molar-refractivity contribution in [3.8, 4) is 0 Å². The first-order chi connectivity index (χ1) is 14.4. The maximum absolute atomic E-state index is 11.9. The highest BCUT2D eigenvalue weighted by molar-refractivity contribution is 6.13. The van der Waals surface area contributed by atoms with Crippen LogP contribution in [0.15, 0.2) is 81.1 Å². The number of nitrogens with one attached hydrogen (secondary N) is 2. The van der Waals surface area contributed by atoms with Crippen molar-refractivity contribution in [1.29, 1.82) is 0 Å². The minimum atomic E-state index is 0.0884. The van der Waals surface area contributed by atoms with Gasteiger partial charge in [0.05, 0.1) is 18.0 Å². The van der Waals surface area contributed by atoms with Crippen LogP contribution in [0.1, 0.15) is 52.9 Å². The Bertz CT molecular complexity index is 881. The molecule has 0 radical (unpaired) electrons. The van der Waals surface area contributed by atoms with Gasteiger partial charge in [0.1, 0.15) is 6.34 Å². The number of hydrogen-bond donors (Lipinski definition) is 2. The first-order valence-corrected chi connectivity index (χ1v) is 10.6. The van der Waals surface area contributed by atoms with Crippen LogP contribution in [0, 0.1) is 0 Å². The van der Waals surface area contributed by atoms with Crippen LogP contribution in [-0.4, -0.2) is 31.0 Å². The van der Waals surface area contributed by atoms with E-state index in [4.69, 9.17) is 0 Å². The number of amides is 1. The van der Waals surface area contributed by atoms with Crippen LogP contribution in [0.25, 0.3) is 0 Å². The van der Waals surface area contributed by atoms with Crippen LogP contribution in [0.3, 0.4) is 0 Å². The van der Waals surface area contributed by atoms with Gasteiger partial charge in [0.15, 0.2) is 0 Å². The molecule has 0 unspecified atom stereocenters. The van der Waals surface area contributed by atoms with E-state index in [1.807, 2.05) is 6.92 Å². The molecule has 1 aliphatic heterocycles. The fraction of sp³-hybridized carbons (Fsp3) is 0.400. The molecule has 0 bridgehead atoms. The number of nitrogens with zero attached hydrogens (tertiary/aromatic N) is 2. The van der Waals surface area contributed by atoms with E-state index in [1.54, 1.807) is 6.34 Å². The van der Waals surface area contributed by atoms with Gasteiger partial charge in [0, 0.05) is 18.7 Å². The van der Waals surface area contributed by atoms with Crippen molar-refractivity contribution >= 4 is 18.0 Å². The summed E-state index contributed by atoms with van der Waals surface area (Å²) in [4.78, 5) is 20.7. The zero-order valence-corrected chi connectivity index (χ0v) is 18.6. The summed E-state index contributed by atoms with van der Waals surface area (Å²) in [6.07, 6.45) is 9.80. The molecule has 0 aromatic carbocycles. The second-order valence-electron chi connectivity index (χ2n) is 7.61. The van der Waals surface area contributed by atoms with Gasteiger partial charge in [-0.3, -0.25) is 9.79 Å². The van der Waals surface area contributed by atoms with E-state index in [1.165, 1.54) is 5.57 Å². The molecule has 0 fully saturated rings. The summed E-state index contributed by atoms with van der Waals surface area (Å²) in [5, 5.41) is 6.44. The molecule has 0 saturated carbocycles. The van der Waals surface area contributed by atoms with Gasteiger partial charge < -0.3 is 10.6 Å². The average molecular weight is 407 g/mol. The number of hydrogen-bond acceptors (Lipinski definition) is 3. The van der Waals surface area contributed by atoms with E-state index in [0.29, 0.717) is 25.2 Å². The van der Waals surface area contributed by atoms with Crippen molar-refractivity contribution in [2.24, 2.45) is 9.98 Å². The third kappa shape index (κ3) is 6.28. The van der Waals surface area contributed by atoms with Crippen LogP contribution in [-0.2, 0) is 4.79 Å². The van der Waals surface area contributed by atoms with Crippen LogP contribution >= 0.6 is 0 Å². The fourth-order valence-corrected chi connectivity index (χ4v) is 3.28. The van der Waals surface area contributed by atoms with Gasteiger partial charge in [-0.2, -0.15) is 0 Å². The summed E-state index contributed by atoms with van der Waals surface area (Å²) < 4.78 is 0. The van der Waals surface area contributed by atoms with Crippen molar-refractivity contribution in [2.75, 3.05) is 13.1 Å². The largest absolute Gasteiger partial charge is 0.380 e. The first kappa shape index (κ1) is 23.3. The van der Waals surface area contributed by atoms with Gasteiger partial charge in [-0.25, -0.2) is 4.99 Å². The van der Waals surface area contributed by atoms with E-state index >= 15 is 0 Å². The molecular formula is C25H34N4O. The Morgan fingerprint density at radius 2 is 2.00 bits per heavy atom. The Morgan fingerprint density at radius 1 is 1.23 bits per heavy atom. The summed E-state index contributed by atoms with van der Waals surface area (Å²) in [6.45, 7) is 19.6. The minimum Gasteiger partial charge on any atom is -0.380 e. The van der Waals surface area contributed by atoms with Gasteiger partial charge in [0.2, 0.25) is 5.91 Å². The summed E-state index contributed by atoms with van der Waals surface area (Å²) in [5.41, 5.74) is 7.91. The van der Waals surface area contributed by atoms with Crippen LogP contribution in [0.5, 0.6) is 0 Å². The monoisotopic (exact) mass is 406 g/mol. The number of rotatable bonds is 10. The van der Waals surface area contributed by atoms with Gasteiger partial charge in [-0.05, 0) is 54.9 Å².